The summed E-state index contributed by atoms with van der Waals surface area (Å²) in [5.41, 5.74) is 2.34. The van der Waals surface area contributed by atoms with Crippen LogP contribution in [0, 0.1) is 18.8 Å². The average Bonchev–Trinajstić information content (AvgIpc) is 2.46. The minimum absolute atomic E-state index is 0.320. The van der Waals surface area contributed by atoms with Gasteiger partial charge in [-0.2, -0.15) is 0 Å². The Bertz CT molecular complexity index is 434. The third kappa shape index (κ3) is 3.38. The van der Waals surface area contributed by atoms with Gasteiger partial charge in [0.05, 0.1) is 0 Å². The highest BCUT2D eigenvalue weighted by Gasteiger charge is 2.26. The van der Waals surface area contributed by atoms with Gasteiger partial charge in [-0.1, -0.05) is 13.8 Å². The molecule has 1 aliphatic carbocycles. The highest BCUT2D eigenvalue weighted by Crippen LogP contribution is 2.37. The van der Waals surface area contributed by atoms with Gasteiger partial charge in [0.25, 0.3) is 0 Å². The van der Waals surface area contributed by atoms with Crippen molar-refractivity contribution in [1.82, 2.24) is 15.3 Å². The van der Waals surface area contributed by atoms with Gasteiger partial charge in [-0.3, -0.25) is 0 Å². The molecule has 1 fully saturated rings. The van der Waals surface area contributed by atoms with Crippen molar-refractivity contribution in [3.8, 4) is 0 Å². The maximum atomic E-state index is 4.78. The van der Waals surface area contributed by atoms with Crippen LogP contribution in [0.1, 0.15) is 75.5 Å². The molecule has 0 aliphatic heterocycles. The van der Waals surface area contributed by atoms with E-state index in [0.29, 0.717) is 12.0 Å². The second kappa shape index (κ2) is 6.66. The fourth-order valence-corrected chi connectivity index (χ4v) is 3.32. The van der Waals surface area contributed by atoms with E-state index in [-0.39, 0.29) is 0 Å². The van der Waals surface area contributed by atoms with Gasteiger partial charge in [0, 0.05) is 29.4 Å². The van der Waals surface area contributed by atoms with Gasteiger partial charge in [-0.05, 0) is 58.4 Å². The van der Waals surface area contributed by atoms with Crippen molar-refractivity contribution < 1.29 is 0 Å². The highest BCUT2D eigenvalue weighted by molar-refractivity contribution is 5.20. The minimum Gasteiger partial charge on any atom is -0.313 e. The van der Waals surface area contributed by atoms with E-state index in [4.69, 9.17) is 4.98 Å². The maximum Gasteiger partial charge on any atom is 0.131 e. The van der Waals surface area contributed by atoms with Crippen molar-refractivity contribution in [2.45, 2.75) is 65.3 Å². The predicted octanol–water partition coefficient (Wildman–Crippen LogP) is 4.00. The molecule has 0 aromatic carbocycles. The molecule has 1 aromatic heterocycles. The van der Waals surface area contributed by atoms with Crippen LogP contribution in [0.5, 0.6) is 0 Å². The molecule has 1 aliphatic rings. The molecular formula is C17H29N3. The SMILES string of the molecule is CNC(C)c1cnc(C2CCC(C(C)C)CC2)nc1C. The third-order valence-electron chi connectivity index (χ3n) is 5.02. The summed E-state index contributed by atoms with van der Waals surface area (Å²) in [6, 6.07) is 0.320. The molecule has 1 unspecified atom stereocenters. The second-order valence-corrected chi connectivity index (χ2v) is 6.64. The minimum atomic E-state index is 0.320. The summed E-state index contributed by atoms with van der Waals surface area (Å²) in [5, 5.41) is 3.26. The normalized spacial score (nSPS) is 24.9. The van der Waals surface area contributed by atoms with Crippen LogP contribution >= 0.6 is 0 Å². The van der Waals surface area contributed by atoms with E-state index in [0.717, 1.165) is 23.4 Å². The predicted molar refractivity (Wildman–Crippen MR) is 83.8 cm³/mol. The molecule has 1 atom stereocenters. The Labute approximate surface area is 123 Å². The molecule has 1 aromatic rings. The van der Waals surface area contributed by atoms with Gasteiger partial charge in [-0.15, -0.1) is 0 Å². The van der Waals surface area contributed by atoms with Crippen LogP contribution < -0.4 is 5.32 Å². The van der Waals surface area contributed by atoms with Crippen molar-refractivity contribution in [3.63, 3.8) is 0 Å². The molecule has 112 valence electrons. The Balaban J connectivity index is 2.06. The van der Waals surface area contributed by atoms with E-state index >= 15 is 0 Å². The lowest BCUT2D eigenvalue weighted by molar-refractivity contribution is 0.254. The molecule has 0 radical (unpaired) electrons. The molecule has 2 rings (SSSR count). The van der Waals surface area contributed by atoms with Gasteiger partial charge in [0.2, 0.25) is 0 Å². The molecular weight excluding hydrogens is 246 g/mol. The zero-order valence-electron chi connectivity index (χ0n) is 13.6. The Morgan fingerprint density at radius 3 is 2.30 bits per heavy atom. The van der Waals surface area contributed by atoms with E-state index in [9.17, 15) is 0 Å². The number of aromatic nitrogens is 2. The summed E-state index contributed by atoms with van der Waals surface area (Å²) < 4.78 is 0. The fraction of sp³-hybridized carbons (Fsp3) is 0.765. The van der Waals surface area contributed by atoms with Crippen LogP contribution in [0.3, 0.4) is 0 Å². The van der Waals surface area contributed by atoms with E-state index in [1.54, 1.807) is 0 Å². The lowest BCUT2D eigenvalue weighted by Crippen LogP contribution is -2.20. The number of rotatable bonds is 4. The topological polar surface area (TPSA) is 37.8 Å². The Morgan fingerprint density at radius 2 is 1.80 bits per heavy atom. The van der Waals surface area contributed by atoms with Crippen molar-refractivity contribution >= 4 is 0 Å². The zero-order valence-corrected chi connectivity index (χ0v) is 13.6. The molecule has 1 saturated carbocycles. The summed E-state index contributed by atoms with van der Waals surface area (Å²) >= 11 is 0. The zero-order chi connectivity index (χ0) is 14.7. The van der Waals surface area contributed by atoms with Gasteiger partial charge in [-0.25, -0.2) is 9.97 Å². The van der Waals surface area contributed by atoms with Crippen LogP contribution in [0.2, 0.25) is 0 Å². The first kappa shape index (κ1) is 15.4. The Kier molecular flexibility index (Phi) is 5.14. The summed E-state index contributed by atoms with van der Waals surface area (Å²) in [5.74, 6) is 3.35. The largest absolute Gasteiger partial charge is 0.313 e. The molecule has 0 bridgehead atoms. The summed E-state index contributed by atoms with van der Waals surface area (Å²) in [4.78, 5) is 9.44. The van der Waals surface area contributed by atoms with Crippen LogP contribution in [-0.2, 0) is 0 Å². The van der Waals surface area contributed by atoms with Crippen molar-refractivity contribution in [1.29, 1.82) is 0 Å². The van der Waals surface area contributed by atoms with Gasteiger partial charge < -0.3 is 5.32 Å². The summed E-state index contributed by atoms with van der Waals surface area (Å²) in [7, 11) is 1.98. The molecule has 0 spiro atoms. The average molecular weight is 275 g/mol. The number of aryl methyl sites for hydroxylation is 1. The molecule has 20 heavy (non-hydrogen) atoms. The van der Waals surface area contributed by atoms with E-state index in [1.807, 2.05) is 13.2 Å². The first-order valence-corrected chi connectivity index (χ1v) is 8.03. The Morgan fingerprint density at radius 1 is 1.15 bits per heavy atom. The van der Waals surface area contributed by atoms with Gasteiger partial charge >= 0.3 is 0 Å². The van der Waals surface area contributed by atoms with Gasteiger partial charge in [0.1, 0.15) is 5.82 Å². The molecule has 1 heterocycles. The number of nitrogens with one attached hydrogen (secondary N) is 1. The lowest BCUT2D eigenvalue weighted by Gasteiger charge is -2.30. The monoisotopic (exact) mass is 275 g/mol. The quantitative estimate of drug-likeness (QED) is 0.902. The highest BCUT2D eigenvalue weighted by atomic mass is 14.9. The number of hydrogen-bond donors (Lipinski definition) is 1. The lowest BCUT2D eigenvalue weighted by atomic mass is 9.76. The molecule has 3 heteroatoms. The van der Waals surface area contributed by atoms with Crippen molar-refractivity contribution in [2.24, 2.45) is 11.8 Å². The van der Waals surface area contributed by atoms with Gasteiger partial charge in [0.15, 0.2) is 0 Å². The molecule has 3 nitrogen and oxygen atoms in total. The molecule has 0 amide bonds. The van der Waals surface area contributed by atoms with Crippen LogP contribution in [0.25, 0.3) is 0 Å². The first-order chi connectivity index (χ1) is 9.52. The van der Waals surface area contributed by atoms with Crippen LogP contribution in [0.4, 0.5) is 0 Å². The third-order valence-corrected chi connectivity index (χ3v) is 5.02. The summed E-state index contributed by atoms with van der Waals surface area (Å²) in [6.45, 7) is 8.95. The van der Waals surface area contributed by atoms with E-state index in [2.05, 4.69) is 38.0 Å². The fourth-order valence-electron chi connectivity index (χ4n) is 3.32. The molecule has 0 saturated heterocycles. The van der Waals surface area contributed by atoms with Crippen molar-refractivity contribution in [3.05, 3.63) is 23.3 Å². The smallest absolute Gasteiger partial charge is 0.131 e. The summed E-state index contributed by atoms with van der Waals surface area (Å²) in [6.07, 6.45) is 7.19. The van der Waals surface area contributed by atoms with E-state index in [1.165, 1.54) is 31.2 Å². The van der Waals surface area contributed by atoms with Crippen molar-refractivity contribution in [2.75, 3.05) is 7.05 Å². The van der Waals surface area contributed by atoms with E-state index < -0.39 is 0 Å². The van der Waals surface area contributed by atoms with Crippen LogP contribution in [-0.4, -0.2) is 17.0 Å². The first-order valence-electron chi connectivity index (χ1n) is 8.03. The van der Waals surface area contributed by atoms with Crippen LogP contribution in [0.15, 0.2) is 6.20 Å². The maximum absolute atomic E-state index is 4.78. The second-order valence-electron chi connectivity index (χ2n) is 6.64. The number of hydrogen-bond acceptors (Lipinski definition) is 3. The molecule has 1 N–H and O–H groups in total. The Hall–Kier alpha value is -0.960. The standard InChI is InChI=1S/C17H29N3/c1-11(2)14-6-8-15(9-7-14)17-19-10-16(12(3)18-5)13(4)20-17/h10-12,14-15,18H,6-9H2,1-5H3. The number of nitrogens with zero attached hydrogens (tertiary/aromatic N) is 2.